The lowest BCUT2D eigenvalue weighted by atomic mass is 9.99. The largest absolute Gasteiger partial charge is 0.454 e. The number of allylic oxidation sites excluding steroid dienone is 9. The number of hydrogen-bond acceptors (Lipinski definition) is 10. The quantitative estimate of drug-likeness (QED) is 0.0149. The summed E-state index contributed by atoms with van der Waals surface area (Å²) in [5, 5.41) is 56.9. The maximum atomic E-state index is 13.4. The molecule has 1 aliphatic heterocycles. The van der Waals surface area contributed by atoms with Gasteiger partial charge in [-0.1, -0.05) is 268 Å². The fourth-order valence-electron chi connectivity index (χ4n) is 9.88. The first-order valence-electron chi connectivity index (χ1n) is 32.1. The van der Waals surface area contributed by atoms with Crippen LogP contribution in [0.25, 0.3) is 0 Å². The molecular weight excluding hydrogens is 967 g/mol. The molecule has 0 aromatic rings. The Morgan fingerprint density at radius 1 is 0.519 bits per heavy atom. The molecule has 0 aromatic heterocycles. The monoisotopic (exact) mass is 1090 g/mol. The Labute approximate surface area is 471 Å². The molecule has 0 aromatic carbocycles. The number of hydrogen-bond donors (Lipinski definition) is 6. The second kappa shape index (κ2) is 54.0. The zero-order chi connectivity index (χ0) is 56.1. The Hall–Kier alpha value is -2.64. The fourth-order valence-corrected chi connectivity index (χ4v) is 9.88. The number of aliphatic hydroxyl groups excluding tert-OH is 5. The molecule has 0 saturated carbocycles. The molecule has 1 aliphatic rings. The lowest BCUT2D eigenvalue weighted by molar-refractivity contribution is -0.305. The smallest absolute Gasteiger partial charge is 0.306 e. The van der Waals surface area contributed by atoms with Crippen LogP contribution in [-0.2, 0) is 23.8 Å². The predicted octanol–water partition coefficient (Wildman–Crippen LogP) is 15.4. The highest BCUT2D eigenvalue weighted by Gasteiger charge is 2.47. The Kier molecular flexibility index (Phi) is 50.7. The van der Waals surface area contributed by atoms with Gasteiger partial charge in [0.1, 0.15) is 24.4 Å². The van der Waals surface area contributed by atoms with E-state index in [0.717, 1.165) is 83.5 Å². The molecule has 11 nitrogen and oxygen atoms in total. The first-order valence-corrected chi connectivity index (χ1v) is 32.1. The molecule has 1 saturated heterocycles. The van der Waals surface area contributed by atoms with Gasteiger partial charge in [0.2, 0.25) is 5.91 Å². The first kappa shape index (κ1) is 72.4. The molecule has 11 heteroatoms. The van der Waals surface area contributed by atoms with Crippen molar-refractivity contribution in [3.63, 3.8) is 0 Å². The molecule has 1 heterocycles. The van der Waals surface area contributed by atoms with Gasteiger partial charge in [0.05, 0.1) is 25.4 Å². The SMILES string of the molecule is CC/C=C/C=C/C=C/CCCCCCCCC(O)C(=O)NC(COC1OC(CO)C(O)C(O)C1OC(=O)CCCCCCCCCCCCCCC/C=C/CCCCCCCC)C(O)/C=C/CCCCCCCCCCC. The third kappa shape index (κ3) is 42.0. The van der Waals surface area contributed by atoms with Gasteiger partial charge in [-0.05, 0) is 70.6 Å². The Bertz CT molecular complexity index is 1480. The molecule has 448 valence electrons. The predicted molar refractivity (Wildman–Crippen MR) is 320 cm³/mol. The first-order chi connectivity index (χ1) is 37.7. The lowest BCUT2D eigenvalue weighted by Crippen LogP contribution is -2.61. The van der Waals surface area contributed by atoms with Crippen LogP contribution in [0.3, 0.4) is 0 Å². The van der Waals surface area contributed by atoms with Gasteiger partial charge in [0.25, 0.3) is 0 Å². The van der Waals surface area contributed by atoms with Crippen LogP contribution in [0.15, 0.2) is 60.8 Å². The van der Waals surface area contributed by atoms with Gasteiger partial charge < -0.3 is 45.1 Å². The molecule has 0 aliphatic carbocycles. The molecule has 6 N–H and O–H groups in total. The number of esters is 1. The van der Waals surface area contributed by atoms with Crippen molar-refractivity contribution in [1.29, 1.82) is 0 Å². The van der Waals surface area contributed by atoms with Crippen LogP contribution in [0, 0.1) is 0 Å². The van der Waals surface area contributed by atoms with Crippen LogP contribution in [0.2, 0.25) is 0 Å². The number of unbranched alkanes of at least 4 members (excludes halogenated alkanes) is 34. The number of carbonyl (C=O) groups is 2. The number of carbonyl (C=O) groups excluding carboxylic acids is 2. The number of rotatable bonds is 54. The Balaban J connectivity index is 2.60. The number of ether oxygens (including phenoxy) is 3. The maximum Gasteiger partial charge on any atom is 0.306 e. The molecule has 1 rings (SSSR count). The van der Waals surface area contributed by atoms with Gasteiger partial charge >= 0.3 is 5.97 Å². The fraction of sp³-hybridized carbons (Fsp3) is 0.818. The molecule has 8 unspecified atom stereocenters. The summed E-state index contributed by atoms with van der Waals surface area (Å²) in [6, 6.07) is -1.03. The van der Waals surface area contributed by atoms with Crippen molar-refractivity contribution >= 4 is 11.9 Å². The summed E-state index contributed by atoms with van der Waals surface area (Å²) >= 11 is 0. The van der Waals surface area contributed by atoms with Crippen LogP contribution >= 0.6 is 0 Å². The van der Waals surface area contributed by atoms with E-state index in [4.69, 9.17) is 14.2 Å². The molecule has 1 amide bonds. The summed E-state index contributed by atoms with van der Waals surface area (Å²) in [5.41, 5.74) is 0. The highest BCUT2D eigenvalue weighted by Crippen LogP contribution is 2.26. The second-order valence-corrected chi connectivity index (χ2v) is 22.2. The number of amides is 1. The summed E-state index contributed by atoms with van der Waals surface area (Å²) in [5.74, 6) is -1.20. The highest BCUT2D eigenvalue weighted by atomic mass is 16.7. The van der Waals surface area contributed by atoms with Crippen molar-refractivity contribution in [3.05, 3.63) is 60.8 Å². The number of aliphatic hydroxyl groups is 5. The van der Waals surface area contributed by atoms with Gasteiger partial charge in [-0.2, -0.15) is 0 Å². The third-order valence-electron chi connectivity index (χ3n) is 15.0. The summed E-state index contributed by atoms with van der Waals surface area (Å²) in [7, 11) is 0. The van der Waals surface area contributed by atoms with E-state index in [1.54, 1.807) is 6.08 Å². The van der Waals surface area contributed by atoms with E-state index in [1.807, 2.05) is 18.2 Å². The van der Waals surface area contributed by atoms with Crippen LogP contribution in [0.4, 0.5) is 0 Å². The van der Waals surface area contributed by atoms with Crippen LogP contribution in [0.1, 0.15) is 284 Å². The van der Waals surface area contributed by atoms with E-state index >= 15 is 0 Å². The third-order valence-corrected chi connectivity index (χ3v) is 15.0. The summed E-state index contributed by atoms with van der Waals surface area (Å²) in [6.07, 6.45) is 57.0. The van der Waals surface area contributed by atoms with Gasteiger partial charge in [0, 0.05) is 6.42 Å². The summed E-state index contributed by atoms with van der Waals surface area (Å²) in [6.45, 7) is 5.65. The average molecular weight is 1090 g/mol. The zero-order valence-electron chi connectivity index (χ0n) is 49.6. The highest BCUT2D eigenvalue weighted by molar-refractivity contribution is 5.80. The van der Waals surface area contributed by atoms with Crippen LogP contribution < -0.4 is 5.32 Å². The van der Waals surface area contributed by atoms with Crippen LogP contribution in [-0.4, -0.2) is 99.6 Å². The van der Waals surface area contributed by atoms with Gasteiger partial charge in [-0.15, -0.1) is 0 Å². The van der Waals surface area contributed by atoms with Crippen molar-refractivity contribution < 1.29 is 49.3 Å². The van der Waals surface area contributed by atoms with E-state index in [0.29, 0.717) is 12.8 Å². The maximum absolute atomic E-state index is 13.4. The van der Waals surface area contributed by atoms with Crippen molar-refractivity contribution in [2.75, 3.05) is 13.2 Å². The molecule has 0 bridgehead atoms. The minimum atomic E-state index is -1.62. The lowest BCUT2D eigenvalue weighted by Gasteiger charge is -2.41. The molecule has 77 heavy (non-hydrogen) atoms. The number of nitrogens with one attached hydrogen (secondary N) is 1. The van der Waals surface area contributed by atoms with E-state index in [9.17, 15) is 35.1 Å². The van der Waals surface area contributed by atoms with Crippen molar-refractivity contribution in [1.82, 2.24) is 5.32 Å². The van der Waals surface area contributed by atoms with Gasteiger partial charge in [-0.3, -0.25) is 9.59 Å². The zero-order valence-corrected chi connectivity index (χ0v) is 49.6. The van der Waals surface area contributed by atoms with Crippen LogP contribution in [0.5, 0.6) is 0 Å². The average Bonchev–Trinajstić information content (AvgIpc) is 3.43. The molecular formula is C66H119NO10. The molecule has 8 atom stereocenters. The van der Waals surface area contributed by atoms with Crippen molar-refractivity contribution in [2.24, 2.45) is 0 Å². The van der Waals surface area contributed by atoms with Gasteiger partial charge in [0.15, 0.2) is 12.4 Å². The molecule has 0 radical (unpaired) electrons. The standard InChI is InChI=1S/C66H119NO10/c1-4-7-10-13-16-19-22-24-26-27-28-29-30-31-32-33-34-36-39-42-45-48-51-54-61(71)77-64-63(73)62(72)60(55-68)76-66(64)75-56-57(58(69)52-49-46-43-40-37-21-18-15-12-9-6-3)67-65(74)59(70)53-50-47-44-41-38-35-25-23-20-17-14-11-8-5-2/h8,11,14,17,20,23-24,26,49,52,57-60,62-64,66,68-70,72-73H,4-7,9-10,12-13,15-16,18-19,21-22,25,27-48,50-51,53-56H2,1-3H3,(H,67,74)/b11-8+,17-14+,23-20+,26-24+,52-49+. The van der Waals surface area contributed by atoms with E-state index in [1.165, 1.54) is 154 Å². The minimum absolute atomic E-state index is 0.122. The van der Waals surface area contributed by atoms with Crippen molar-refractivity contribution in [3.8, 4) is 0 Å². The summed E-state index contributed by atoms with van der Waals surface area (Å²) in [4.78, 5) is 26.5. The second-order valence-electron chi connectivity index (χ2n) is 22.2. The normalized spacial score (nSPS) is 19.4. The Morgan fingerprint density at radius 2 is 0.948 bits per heavy atom. The summed E-state index contributed by atoms with van der Waals surface area (Å²) < 4.78 is 17.6. The van der Waals surface area contributed by atoms with E-state index < -0.39 is 67.4 Å². The van der Waals surface area contributed by atoms with Gasteiger partial charge in [-0.25, -0.2) is 0 Å². The Morgan fingerprint density at radius 3 is 1.43 bits per heavy atom. The minimum Gasteiger partial charge on any atom is -0.454 e. The molecule has 0 spiro atoms. The molecule has 1 fully saturated rings. The topological polar surface area (TPSA) is 175 Å². The van der Waals surface area contributed by atoms with E-state index in [-0.39, 0.29) is 19.4 Å². The van der Waals surface area contributed by atoms with Crippen molar-refractivity contribution in [2.45, 2.75) is 333 Å². The van der Waals surface area contributed by atoms with E-state index in [2.05, 4.69) is 62.5 Å².